The number of hydrogen-bond donors (Lipinski definition) is 1. The maximum absolute atomic E-state index is 11.5. The number of sulfonamides is 1. The van der Waals surface area contributed by atoms with Crippen molar-refractivity contribution < 1.29 is 8.42 Å². The lowest BCUT2D eigenvalue weighted by Crippen LogP contribution is -2.32. The topological polar surface area (TPSA) is 49.4 Å². The van der Waals surface area contributed by atoms with Crippen LogP contribution in [-0.2, 0) is 10.0 Å². The Balaban J connectivity index is 2.45. The number of rotatable bonds is 8. The van der Waals surface area contributed by atoms with Crippen molar-refractivity contribution in [3.05, 3.63) is 34.9 Å². The second kappa shape index (κ2) is 7.92. The zero-order chi connectivity index (χ0) is 16.0. The van der Waals surface area contributed by atoms with E-state index in [2.05, 4.69) is 44.3 Å². The highest BCUT2D eigenvalue weighted by Crippen LogP contribution is 2.16. The van der Waals surface area contributed by atoms with Gasteiger partial charge in [0.25, 0.3) is 0 Å². The van der Waals surface area contributed by atoms with E-state index in [1.54, 1.807) is 0 Å². The van der Waals surface area contributed by atoms with Gasteiger partial charge in [-0.2, -0.15) is 0 Å². The van der Waals surface area contributed by atoms with Gasteiger partial charge in [-0.3, -0.25) is 0 Å². The maximum Gasteiger partial charge on any atom is 0.211 e. The van der Waals surface area contributed by atoms with Crippen LogP contribution < -0.4 is 5.32 Å². The zero-order valence-corrected chi connectivity index (χ0v) is 14.6. The van der Waals surface area contributed by atoms with E-state index in [1.165, 1.54) is 27.3 Å². The van der Waals surface area contributed by atoms with Crippen LogP contribution in [0.4, 0.5) is 0 Å². The third kappa shape index (κ3) is 6.16. The molecule has 0 bridgehead atoms. The molecule has 1 N–H and O–H groups in total. The van der Waals surface area contributed by atoms with Crippen LogP contribution in [0, 0.1) is 13.8 Å². The molecule has 0 saturated carbocycles. The number of nitrogens with zero attached hydrogens (tertiary/aromatic N) is 1. The van der Waals surface area contributed by atoms with Crippen LogP contribution in [0.1, 0.15) is 43.0 Å². The van der Waals surface area contributed by atoms with E-state index in [0.717, 1.165) is 13.0 Å². The first-order valence-electron chi connectivity index (χ1n) is 7.50. The third-order valence-corrected chi connectivity index (χ3v) is 4.98. The second-order valence-electron chi connectivity index (χ2n) is 5.71. The minimum Gasteiger partial charge on any atom is -0.310 e. The Morgan fingerprint density at radius 2 is 1.76 bits per heavy atom. The summed E-state index contributed by atoms with van der Waals surface area (Å²) in [5.74, 6) is 0. The molecule has 21 heavy (non-hydrogen) atoms. The fourth-order valence-electron chi connectivity index (χ4n) is 2.51. The summed E-state index contributed by atoms with van der Waals surface area (Å²) in [6, 6.07) is 6.83. The summed E-state index contributed by atoms with van der Waals surface area (Å²) < 4.78 is 24.5. The van der Waals surface area contributed by atoms with E-state index in [1.807, 2.05) is 6.92 Å². The first-order valence-corrected chi connectivity index (χ1v) is 9.35. The molecule has 0 fully saturated rings. The zero-order valence-electron chi connectivity index (χ0n) is 13.8. The summed E-state index contributed by atoms with van der Waals surface area (Å²) in [5.41, 5.74) is 3.82. The average molecular weight is 312 g/mol. The molecule has 0 aliphatic carbocycles. The SMILES string of the molecule is CCN(CCCNC(C)c1cc(C)cc(C)c1)S(C)(=O)=O. The summed E-state index contributed by atoms with van der Waals surface area (Å²) >= 11 is 0. The molecule has 0 aromatic heterocycles. The van der Waals surface area contributed by atoms with Crippen LogP contribution >= 0.6 is 0 Å². The fourth-order valence-corrected chi connectivity index (χ4v) is 3.44. The molecular weight excluding hydrogens is 284 g/mol. The first kappa shape index (κ1) is 18.1. The quantitative estimate of drug-likeness (QED) is 0.751. The summed E-state index contributed by atoms with van der Waals surface area (Å²) in [4.78, 5) is 0. The van der Waals surface area contributed by atoms with Crippen LogP contribution in [0.25, 0.3) is 0 Å². The van der Waals surface area contributed by atoms with Crippen molar-refractivity contribution in [3.63, 3.8) is 0 Å². The number of nitrogens with one attached hydrogen (secondary N) is 1. The van der Waals surface area contributed by atoms with Crippen molar-refractivity contribution in [2.24, 2.45) is 0 Å². The van der Waals surface area contributed by atoms with Crippen molar-refractivity contribution in [1.29, 1.82) is 0 Å². The molecular formula is C16H28N2O2S. The highest BCUT2D eigenvalue weighted by atomic mass is 32.2. The summed E-state index contributed by atoms with van der Waals surface area (Å²) in [7, 11) is -3.07. The van der Waals surface area contributed by atoms with Crippen LogP contribution in [-0.4, -0.2) is 38.6 Å². The molecule has 1 aromatic carbocycles. The van der Waals surface area contributed by atoms with Crippen LogP contribution in [0.5, 0.6) is 0 Å². The molecule has 0 radical (unpaired) electrons. The van der Waals surface area contributed by atoms with Crippen molar-refractivity contribution in [2.75, 3.05) is 25.9 Å². The smallest absolute Gasteiger partial charge is 0.211 e. The van der Waals surface area contributed by atoms with E-state index in [0.29, 0.717) is 13.1 Å². The van der Waals surface area contributed by atoms with Gasteiger partial charge in [-0.15, -0.1) is 0 Å². The van der Waals surface area contributed by atoms with Gasteiger partial charge in [0.1, 0.15) is 0 Å². The summed E-state index contributed by atoms with van der Waals surface area (Å²) in [6.07, 6.45) is 2.08. The number of aryl methyl sites for hydroxylation is 2. The molecule has 0 heterocycles. The van der Waals surface area contributed by atoms with Crippen LogP contribution in [0.3, 0.4) is 0 Å². The monoisotopic (exact) mass is 312 g/mol. The number of benzene rings is 1. The predicted octanol–water partition coefficient (Wildman–Crippen LogP) is 2.63. The third-order valence-electron chi connectivity index (χ3n) is 3.60. The molecule has 1 aromatic rings. The Kier molecular flexibility index (Phi) is 6.84. The molecule has 0 aliphatic heterocycles. The van der Waals surface area contributed by atoms with Gasteiger partial charge in [-0.1, -0.05) is 36.2 Å². The van der Waals surface area contributed by atoms with E-state index in [9.17, 15) is 8.42 Å². The fraction of sp³-hybridized carbons (Fsp3) is 0.625. The maximum atomic E-state index is 11.5. The van der Waals surface area contributed by atoms with Gasteiger partial charge in [0, 0.05) is 19.1 Å². The molecule has 1 atom stereocenters. The van der Waals surface area contributed by atoms with Crippen molar-refractivity contribution in [3.8, 4) is 0 Å². The molecule has 0 aliphatic rings. The van der Waals surface area contributed by atoms with Crippen LogP contribution in [0.15, 0.2) is 18.2 Å². The predicted molar refractivity (Wildman–Crippen MR) is 89.0 cm³/mol. The minimum absolute atomic E-state index is 0.275. The van der Waals surface area contributed by atoms with Gasteiger partial charge in [0.15, 0.2) is 0 Å². The lowest BCUT2D eigenvalue weighted by Gasteiger charge is -2.19. The molecule has 0 amide bonds. The standard InChI is InChI=1S/C16H28N2O2S/c1-6-18(21(5,19)20)9-7-8-17-15(4)16-11-13(2)10-14(3)12-16/h10-12,15,17H,6-9H2,1-5H3. The van der Waals surface area contributed by atoms with E-state index >= 15 is 0 Å². The van der Waals surface area contributed by atoms with Gasteiger partial charge in [-0.25, -0.2) is 12.7 Å². The van der Waals surface area contributed by atoms with Gasteiger partial charge in [0.2, 0.25) is 10.0 Å². The highest BCUT2D eigenvalue weighted by Gasteiger charge is 2.13. The number of hydrogen-bond acceptors (Lipinski definition) is 3. The lowest BCUT2D eigenvalue weighted by molar-refractivity contribution is 0.413. The summed E-state index contributed by atoms with van der Waals surface area (Å²) in [5, 5.41) is 3.46. The van der Waals surface area contributed by atoms with E-state index in [-0.39, 0.29) is 6.04 Å². The molecule has 1 rings (SSSR count). The lowest BCUT2D eigenvalue weighted by atomic mass is 10.0. The summed E-state index contributed by atoms with van der Waals surface area (Å²) in [6.45, 7) is 10.1. The first-order chi connectivity index (χ1) is 9.74. The van der Waals surface area contributed by atoms with Gasteiger partial charge < -0.3 is 5.32 Å². The van der Waals surface area contributed by atoms with E-state index < -0.39 is 10.0 Å². The molecule has 0 saturated heterocycles. The van der Waals surface area contributed by atoms with Crippen molar-refractivity contribution >= 4 is 10.0 Å². The van der Waals surface area contributed by atoms with Gasteiger partial charge in [0.05, 0.1) is 6.26 Å². The molecule has 5 heteroatoms. The molecule has 120 valence electrons. The van der Waals surface area contributed by atoms with Crippen LogP contribution in [0.2, 0.25) is 0 Å². The Labute approximate surface area is 129 Å². The molecule has 0 spiro atoms. The Morgan fingerprint density at radius 1 is 1.19 bits per heavy atom. The van der Waals surface area contributed by atoms with Crippen molar-refractivity contribution in [2.45, 2.75) is 40.2 Å². The highest BCUT2D eigenvalue weighted by molar-refractivity contribution is 7.88. The Bertz CT molecular complexity index is 535. The van der Waals surface area contributed by atoms with Gasteiger partial charge in [-0.05, 0) is 39.3 Å². The average Bonchev–Trinajstić information content (AvgIpc) is 2.35. The Morgan fingerprint density at radius 3 is 2.24 bits per heavy atom. The van der Waals surface area contributed by atoms with E-state index in [4.69, 9.17) is 0 Å². The molecule has 1 unspecified atom stereocenters. The van der Waals surface area contributed by atoms with Crippen molar-refractivity contribution in [1.82, 2.24) is 9.62 Å². The largest absolute Gasteiger partial charge is 0.310 e. The second-order valence-corrected chi connectivity index (χ2v) is 7.69. The Hall–Kier alpha value is -0.910. The van der Waals surface area contributed by atoms with Gasteiger partial charge >= 0.3 is 0 Å². The molecule has 4 nitrogen and oxygen atoms in total. The minimum atomic E-state index is -3.07. The normalized spacial score (nSPS) is 13.6.